The van der Waals surface area contributed by atoms with Crippen LogP contribution in [-0.2, 0) is 0 Å². The fourth-order valence-electron chi connectivity index (χ4n) is 2.03. The van der Waals surface area contributed by atoms with Gasteiger partial charge in [0.2, 0.25) is 0 Å². The van der Waals surface area contributed by atoms with Crippen molar-refractivity contribution < 1.29 is 19.5 Å². The first-order valence-electron chi connectivity index (χ1n) is 6.21. The summed E-state index contributed by atoms with van der Waals surface area (Å²) >= 11 is 0. The molecule has 2 aromatic carbocycles. The number of rotatable bonds is 5. The molecule has 2 rings (SSSR count). The molecule has 1 N–H and O–H groups in total. The van der Waals surface area contributed by atoms with E-state index in [-0.39, 0.29) is 5.69 Å². The molecule has 2 aromatic rings. The Morgan fingerprint density at radius 3 is 2.52 bits per heavy atom. The predicted molar refractivity (Wildman–Crippen MR) is 76.7 cm³/mol. The maximum Gasteiger partial charge on any atom is 0.269 e. The molecule has 0 aliphatic rings. The van der Waals surface area contributed by atoms with Gasteiger partial charge in [-0.15, -0.1) is 0 Å². The molecule has 21 heavy (non-hydrogen) atoms. The quantitative estimate of drug-likeness (QED) is 0.676. The number of non-ortho nitro benzene ring substituents is 1. The lowest BCUT2D eigenvalue weighted by molar-refractivity contribution is -0.385. The van der Waals surface area contributed by atoms with Crippen LogP contribution in [0.25, 0.3) is 0 Å². The highest BCUT2D eigenvalue weighted by atomic mass is 16.6. The van der Waals surface area contributed by atoms with E-state index < -0.39 is 11.0 Å². The summed E-state index contributed by atoms with van der Waals surface area (Å²) in [6, 6.07) is 10.9. The molecule has 6 heteroatoms. The molecule has 0 unspecified atom stereocenters. The molecule has 0 aliphatic carbocycles. The van der Waals surface area contributed by atoms with Crippen LogP contribution in [0.4, 0.5) is 5.69 Å². The van der Waals surface area contributed by atoms with Gasteiger partial charge in [0.15, 0.2) is 0 Å². The highest BCUT2D eigenvalue weighted by Gasteiger charge is 2.18. The number of nitro groups is 1. The summed E-state index contributed by atoms with van der Waals surface area (Å²) < 4.78 is 10.3. The minimum absolute atomic E-state index is 0.0703. The van der Waals surface area contributed by atoms with Gasteiger partial charge < -0.3 is 14.6 Å². The molecule has 0 heterocycles. The van der Waals surface area contributed by atoms with Crippen LogP contribution >= 0.6 is 0 Å². The molecule has 1 atom stereocenters. The Hall–Kier alpha value is -2.60. The summed E-state index contributed by atoms with van der Waals surface area (Å²) in [5.74, 6) is 1.05. The fourth-order valence-corrected chi connectivity index (χ4v) is 2.03. The largest absolute Gasteiger partial charge is 0.497 e. The molecule has 0 radical (unpaired) electrons. The molecular formula is C15H15NO5. The van der Waals surface area contributed by atoms with Gasteiger partial charge in [-0.05, 0) is 17.7 Å². The van der Waals surface area contributed by atoms with Crippen LogP contribution < -0.4 is 9.47 Å². The second-order valence-electron chi connectivity index (χ2n) is 4.36. The molecule has 0 bridgehead atoms. The van der Waals surface area contributed by atoms with E-state index in [0.717, 1.165) is 0 Å². The summed E-state index contributed by atoms with van der Waals surface area (Å²) in [4.78, 5) is 10.3. The Balaban J connectivity index is 2.41. The fraction of sp³-hybridized carbons (Fsp3) is 0.200. The lowest BCUT2D eigenvalue weighted by Crippen LogP contribution is -2.03. The van der Waals surface area contributed by atoms with Crippen LogP contribution in [-0.4, -0.2) is 24.2 Å². The van der Waals surface area contributed by atoms with Gasteiger partial charge in [0, 0.05) is 23.8 Å². The Morgan fingerprint density at radius 1 is 1.14 bits per heavy atom. The maximum absolute atomic E-state index is 10.8. The topological polar surface area (TPSA) is 81.8 Å². The van der Waals surface area contributed by atoms with Gasteiger partial charge in [-0.1, -0.05) is 12.1 Å². The van der Waals surface area contributed by atoms with Gasteiger partial charge in [-0.2, -0.15) is 0 Å². The molecule has 0 saturated carbocycles. The van der Waals surface area contributed by atoms with Crippen molar-refractivity contribution in [2.24, 2.45) is 0 Å². The molecule has 0 spiro atoms. The zero-order chi connectivity index (χ0) is 15.4. The summed E-state index contributed by atoms with van der Waals surface area (Å²) in [7, 11) is 3.02. The summed E-state index contributed by atoms with van der Waals surface area (Å²) in [5.41, 5.74) is 0.866. The number of nitro benzene ring substituents is 1. The van der Waals surface area contributed by atoms with Gasteiger partial charge in [0.1, 0.15) is 17.6 Å². The Kier molecular flexibility index (Phi) is 4.39. The van der Waals surface area contributed by atoms with Crippen molar-refractivity contribution in [2.45, 2.75) is 6.10 Å². The van der Waals surface area contributed by atoms with Crippen molar-refractivity contribution in [3.8, 4) is 11.5 Å². The minimum Gasteiger partial charge on any atom is -0.497 e. The zero-order valence-electron chi connectivity index (χ0n) is 11.6. The van der Waals surface area contributed by atoms with Gasteiger partial charge in [-0.3, -0.25) is 10.1 Å². The van der Waals surface area contributed by atoms with E-state index in [0.29, 0.717) is 22.6 Å². The molecule has 0 aliphatic heterocycles. The second-order valence-corrected chi connectivity index (χ2v) is 4.36. The third-order valence-corrected chi connectivity index (χ3v) is 3.13. The van der Waals surface area contributed by atoms with Gasteiger partial charge in [0.25, 0.3) is 5.69 Å². The molecule has 0 saturated heterocycles. The van der Waals surface area contributed by atoms with Crippen LogP contribution in [0, 0.1) is 10.1 Å². The molecule has 0 amide bonds. The summed E-state index contributed by atoms with van der Waals surface area (Å²) in [6.45, 7) is 0. The van der Waals surface area contributed by atoms with E-state index in [1.54, 1.807) is 24.3 Å². The van der Waals surface area contributed by atoms with Crippen molar-refractivity contribution >= 4 is 5.69 Å². The van der Waals surface area contributed by atoms with Crippen molar-refractivity contribution in [1.29, 1.82) is 0 Å². The number of hydrogen-bond acceptors (Lipinski definition) is 5. The molecule has 0 aromatic heterocycles. The van der Waals surface area contributed by atoms with Crippen LogP contribution in [0.1, 0.15) is 17.2 Å². The lowest BCUT2D eigenvalue weighted by Gasteiger charge is -2.16. The van der Waals surface area contributed by atoms with E-state index in [4.69, 9.17) is 9.47 Å². The normalized spacial score (nSPS) is 11.8. The van der Waals surface area contributed by atoms with Crippen molar-refractivity contribution in [1.82, 2.24) is 0 Å². The van der Waals surface area contributed by atoms with Crippen LogP contribution in [0.15, 0.2) is 42.5 Å². The highest BCUT2D eigenvalue weighted by Crippen LogP contribution is 2.33. The van der Waals surface area contributed by atoms with Crippen LogP contribution in [0.3, 0.4) is 0 Å². The first-order chi connectivity index (χ1) is 10.1. The van der Waals surface area contributed by atoms with Crippen LogP contribution in [0.5, 0.6) is 11.5 Å². The second kappa shape index (κ2) is 6.23. The Bertz CT molecular complexity index is 656. The monoisotopic (exact) mass is 289 g/mol. The third kappa shape index (κ3) is 3.11. The number of aliphatic hydroxyl groups is 1. The van der Waals surface area contributed by atoms with E-state index in [1.807, 2.05) is 0 Å². The summed E-state index contributed by atoms with van der Waals surface area (Å²) in [5, 5.41) is 21.2. The summed E-state index contributed by atoms with van der Waals surface area (Å²) in [6.07, 6.45) is -1.02. The standard InChI is InChI=1S/C15H15NO5/c1-20-12-6-7-13(14(9-12)21-2)15(17)10-4-3-5-11(8-10)16(18)19/h3-9,15,17H,1-2H3/t15-/m1/s1. The van der Waals surface area contributed by atoms with Gasteiger partial charge in [0.05, 0.1) is 19.1 Å². The lowest BCUT2D eigenvalue weighted by atomic mass is 10.00. The highest BCUT2D eigenvalue weighted by molar-refractivity contribution is 5.46. The number of hydrogen-bond donors (Lipinski definition) is 1. The molecule has 110 valence electrons. The third-order valence-electron chi connectivity index (χ3n) is 3.13. The average molecular weight is 289 g/mol. The molecule has 0 fully saturated rings. The maximum atomic E-state index is 10.8. The van der Waals surface area contributed by atoms with E-state index in [2.05, 4.69) is 0 Å². The number of aliphatic hydroxyl groups excluding tert-OH is 1. The van der Waals surface area contributed by atoms with Crippen LogP contribution in [0.2, 0.25) is 0 Å². The SMILES string of the molecule is COc1ccc([C@H](O)c2cccc([N+](=O)[O-])c2)c(OC)c1. The van der Waals surface area contributed by atoms with E-state index in [9.17, 15) is 15.2 Å². The van der Waals surface area contributed by atoms with E-state index in [1.165, 1.54) is 32.4 Å². The van der Waals surface area contributed by atoms with Crippen molar-refractivity contribution in [3.05, 3.63) is 63.7 Å². The zero-order valence-corrected chi connectivity index (χ0v) is 11.6. The number of ether oxygens (including phenoxy) is 2. The first-order valence-corrected chi connectivity index (χ1v) is 6.21. The smallest absolute Gasteiger partial charge is 0.269 e. The number of nitrogens with zero attached hydrogens (tertiary/aromatic N) is 1. The molecular weight excluding hydrogens is 274 g/mol. The van der Waals surface area contributed by atoms with E-state index >= 15 is 0 Å². The predicted octanol–water partition coefficient (Wildman–Crippen LogP) is 2.69. The minimum atomic E-state index is -1.02. The first kappa shape index (κ1) is 14.8. The number of benzene rings is 2. The number of methoxy groups -OCH3 is 2. The Labute approximate surface area is 121 Å². The Morgan fingerprint density at radius 2 is 1.90 bits per heavy atom. The van der Waals surface area contributed by atoms with Crippen molar-refractivity contribution in [3.63, 3.8) is 0 Å². The van der Waals surface area contributed by atoms with Gasteiger partial charge in [-0.25, -0.2) is 0 Å². The van der Waals surface area contributed by atoms with Crippen molar-refractivity contribution in [2.75, 3.05) is 14.2 Å². The van der Waals surface area contributed by atoms with Gasteiger partial charge >= 0.3 is 0 Å². The average Bonchev–Trinajstić information content (AvgIpc) is 2.53. The molecule has 6 nitrogen and oxygen atoms in total.